The summed E-state index contributed by atoms with van der Waals surface area (Å²) in [6.45, 7) is 4.30. The minimum Gasteiger partial charge on any atom is -0.449 e. The lowest BCUT2D eigenvalue weighted by Gasteiger charge is -2.10. The SMILES string of the molecule is CC(C)COC(=O)Nc1ccc(N)cc1Cl. The fourth-order valence-corrected chi connectivity index (χ4v) is 1.26. The van der Waals surface area contributed by atoms with E-state index in [-0.39, 0.29) is 0 Å². The van der Waals surface area contributed by atoms with E-state index in [1.165, 1.54) is 0 Å². The maximum absolute atomic E-state index is 11.3. The van der Waals surface area contributed by atoms with Crippen molar-refractivity contribution < 1.29 is 9.53 Å². The van der Waals surface area contributed by atoms with Gasteiger partial charge in [0.2, 0.25) is 0 Å². The predicted octanol–water partition coefficient (Wildman–Crippen LogP) is 3.13. The van der Waals surface area contributed by atoms with Gasteiger partial charge in [0.25, 0.3) is 0 Å². The van der Waals surface area contributed by atoms with Crippen LogP contribution in [0.4, 0.5) is 16.2 Å². The first-order valence-electron chi connectivity index (χ1n) is 4.98. The molecule has 0 saturated carbocycles. The number of nitrogens with one attached hydrogen (secondary N) is 1. The smallest absolute Gasteiger partial charge is 0.411 e. The van der Waals surface area contributed by atoms with Gasteiger partial charge in [-0.3, -0.25) is 5.32 Å². The summed E-state index contributed by atoms with van der Waals surface area (Å²) in [6, 6.07) is 4.86. The molecular formula is C11H15ClN2O2. The number of nitrogen functional groups attached to an aromatic ring is 1. The molecule has 3 N–H and O–H groups in total. The average molecular weight is 243 g/mol. The molecule has 0 aliphatic rings. The second kappa shape index (κ2) is 5.61. The maximum Gasteiger partial charge on any atom is 0.411 e. The molecule has 0 bridgehead atoms. The molecule has 88 valence electrons. The summed E-state index contributed by atoms with van der Waals surface area (Å²) in [6.07, 6.45) is -0.514. The molecule has 0 spiro atoms. The third-order valence-electron chi connectivity index (χ3n) is 1.78. The minimum atomic E-state index is -0.514. The molecule has 0 aliphatic carbocycles. The minimum absolute atomic E-state index is 0.299. The van der Waals surface area contributed by atoms with Gasteiger partial charge in [0.15, 0.2) is 0 Å². The van der Waals surface area contributed by atoms with Crippen LogP contribution in [0.1, 0.15) is 13.8 Å². The first kappa shape index (κ1) is 12.6. The van der Waals surface area contributed by atoms with Crippen molar-refractivity contribution in [1.29, 1.82) is 0 Å². The standard InChI is InChI=1S/C11H15ClN2O2/c1-7(2)6-16-11(15)14-10-4-3-8(13)5-9(10)12/h3-5,7H,6,13H2,1-2H3,(H,14,15). The lowest BCUT2D eigenvalue weighted by atomic mass is 10.2. The third-order valence-corrected chi connectivity index (χ3v) is 2.09. The summed E-state index contributed by atoms with van der Waals surface area (Å²) in [5.74, 6) is 0.299. The summed E-state index contributed by atoms with van der Waals surface area (Å²) in [5, 5.41) is 2.93. The molecule has 4 nitrogen and oxygen atoms in total. The molecule has 16 heavy (non-hydrogen) atoms. The first-order chi connectivity index (χ1) is 7.49. The van der Waals surface area contributed by atoms with Crippen LogP contribution in [0.25, 0.3) is 0 Å². The molecule has 1 amide bonds. The van der Waals surface area contributed by atoms with Crippen molar-refractivity contribution in [2.24, 2.45) is 5.92 Å². The Kier molecular flexibility index (Phi) is 4.43. The van der Waals surface area contributed by atoms with Gasteiger partial charge in [-0.2, -0.15) is 0 Å². The van der Waals surface area contributed by atoms with Crippen molar-refractivity contribution in [1.82, 2.24) is 0 Å². The average Bonchev–Trinajstić information content (AvgIpc) is 2.19. The van der Waals surface area contributed by atoms with Crippen LogP contribution in [0.3, 0.4) is 0 Å². The van der Waals surface area contributed by atoms with E-state index >= 15 is 0 Å². The van der Waals surface area contributed by atoms with E-state index in [9.17, 15) is 4.79 Å². The molecule has 0 fully saturated rings. The number of ether oxygens (including phenoxy) is 1. The highest BCUT2D eigenvalue weighted by molar-refractivity contribution is 6.33. The summed E-state index contributed by atoms with van der Waals surface area (Å²) < 4.78 is 4.95. The fourth-order valence-electron chi connectivity index (χ4n) is 1.02. The van der Waals surface area contributed by atoms with Crippen molar-refractivity contribution in [3.63, 3.8) is 0 Å². The van der Waals surface area contributed by atoms with Crippen LogP contribution in [0, 0.1) is 5.92 Å². The highest BCUT2D eigenvalue weighted by Gasteiger charge is 2.07. The lowest BCUT2D eigenvalue weighted by molar-refractivity contribution is 0.147. The van der Waals surface area contributed by atoms with E-state index in [0.717, 1.165) is 0 Å². The van der Waals surface area contributed by atoms with E-state index in [1.807, 2.05) is 13.8 Å². The topological polar surface area (TPSA) is 64.3 Å². The molecule has 0 saturated heterocycles. The number of carbonyl (C=O) groups is 1. The predicted molar refractivity (Wildman–Crippen MR) is 65.7 cm³/mol. The van der Waals surface area contributed by atoms with Gasteiger partial charge < -0.3 is 10.5 Å². The highest BCUT2D eigenvalue weighted by Crippen LogP contribution is 2.24. The van der Waals surface area contributed by atoms with Crippen LogP contribution in [0.2, 0.25) is 5.02 Å². The van der Waals surface area contributed by atoms with Gasteiger partial charge in [-0.25, -0.2) is 4.79 Å². The van der Waals surface area contributed by atoms with Crippen molar-refractivity contribution in [3.8, 4) is 0 Å². The Bertz CT molecular complexity index is 380. The van der Waals surface area contributed by atoms with E-state index in [4.69, 9.17) is 22.1 Å². The summed E-state index contributed by atoms with van der Waals surface area (Å²) in [7, 11) is 0. The molecular weight excluding hydrogens is 228 g/mol. The normalized spacial score (nSPS) is 10.2. The Labute approximate surface area is 99.7 Å². The molecule has 0 aliphatic heterocycles. The molecule has 5 heteroatoms. The molecule has 0 atom stereocenters. The number of rotatable bonds is 3. The Morgan fingerprint density at radius 2 is 2.25 bits per heavy atom. The van der Waals surface area contributed by atoms with Crippen molar-refractivity contribution in [2.45, 2.75) is 13.8 Å². The highest BCUT2D eigenvalue weighted by atomic mass is 35.5. The van der Waals surface area contributed by atoms with Crippen LogP contribution < -0.4 is 11.1 Å². The number of halogens is 1. The number of anilines is 2. The Morgan fingerprint density at radius 3 is 2.81 bits per heavy atom. The molecule has 1 aromatic carbocycles. The van der Waals surface area contributed by atoms with Crippen LogP contribution in [-0.2, 0) is 4.74 Å². The van der Waals surface area contributed by atoms with Crippen molar-refractivity contribution >= 4 is 29.1 Å². The van der Waals surface area contributed by atoms with Gasteiger partial charge in [0.1, 0.15) is 0 Å². The molecule has 1 aromatic rings. The maximum atomic E-state index is 11.3. The van der Waals surface area contributed by atoms with Gasteiger partial charge in [-0.15, -0.1) is 0 Å². The van der Waals surface area contributed by atoms with Gasteiger partial charge in [0, 0.05) is 5.69 Å². The monoisotopic (exact) mass is 242 g/mol. The Hall–Kier alpha value is -1.42. The van der Waals surface area contributed by atoms with Crippen LogP contribution in [0.5, 0.6) is 0 Å². The molecule has 0 aromatic heterocycles. The van der Waals surface area contributed by atoms with Gasteiger partial charge in [-0.05, 0) is 24.1 Å². The fraction of sp³-hybridized carbons (Fsp3) is 0.364. The van der Waals surface area contributed by atoms with E-state index in [0.29, 0.717) is 28.9 Å². The van der Waals surface area contributed by atoms with Crippen LogP contribution >= 0.6 is 11.6 Å². The Balaban J connectivity index is 2.56. The number of nitrogens with two attached hydrogens (primary N) is 1. The van der Waals surface area contributed by atoms with Gasteiger partial charge in [-0.1, -0.05) is 25.4 Å². The van der Waals surface area contributed by atoms with E-state index in [1.54, 1.807) is 18.2 Å². The van der Waals surface area contributed by atoms with Gasteiger partial charge >= 0.3 is 6.09 Å². The largest absolute Gasteiger partial charge is 0.449 e. The van der Waals surface area contributed by atoms with E-state index < -0.39 is 6.09 Å². The second-order valence-electron chi connectivity index (χ2n) is 3.86. The number of hydrogen-bond acceptors (Lipinski definition) is 3. The first-order valence-corrected chi connectivity index (χ1v) is 5.35. The van der Waals surface area contributed by atoms with Gasteiger partial charge in [0.05, 0.1) is 17.3 Å². The van der Waals surface area contributed by atoms with Crippen LogP contribution in [-0.4, -0.2) is 12.7 Å². The number of amides is 1. The van der Waals surface area contributed by atoms with Crippen molar-refractivity contribution in [3.05, 3.63) is 23.2 Å². The zero-order valence-corrected chi connectivity index (χ0v) is 10.0. The zero-order chi connectivity index (χ0) is 12.1. The summed E-state index contributed by atoms with van der Waals surface area (Å²) >= 11 is 5.89. The lowest BCUT2D eigenvalue weighted by Crippen LogP contribution is -2.16. The summed E-state index contributed by atoms with van der Waals surface area (Å²) in [5.41, 5.74) is 6.57. The number of benzene rings is 1. The quantitative estimate of drug-likeness (QED) is 0.801. The van der Waals surface area contributed by atoms with Crippen LogP contribution in [0.15, 0.2) is 18.2 Å². The molecule has 0 heterocycles. The number of hydrogen-bond donors (Lipinski definition) is 2. The molecule has 1 rings (SSSR count). The summed E-state index contributed by atoms with van der Waals surface area (Å²) in [4.78, 5) is 11.3. The molecule has 0 unspecified atom stereocenters. The Morgan fingerprint density at radius 1 is 1.56 bits per heavy atom. The third kappa shape index (κ3) is 3.98. The molecule has 0 radical (unpaired) electrons. The number of carbonyl (C=O) groups excluding carboxylic acids is 1. The van der Waals surface area contributed by atoms with Crippen molar-refractivity contribution in [2.75, 3.05) is 17.7 Å². The second-order valence-corrected chi connectivity index (χ2v) is 4.26. The van der Waals surface area contributed by atoms with E-state index in [2.05, 4.69) is 5.32 Å². The zero-order valence-electron chi connectivity index (χ0n) is 9.29.